The Morgan fingerprint density at radius 3 is 2.42 bits per heavy atom. The third kappa shape index (κ3) is 6.12. The Labute approximate surface area is 210 Å². The van der Waals surface area contributed by atoms with Crippen LogP contribution in [0.25, 0.3) is 11.3 Å². The van der Waals surface area contributed by atoms with Crippen LogP contribution >= 0.6 is 7.60 Å². The Bertz CT molecular complexity index is 1310. The van der Waals surface area contributed by atoms with Crippen LogP contribution in [0.5, 0.6) is 0 Å². The fourth-order valence-electron chi connectivity index (χ4n) is 3.66. The lowest BCUT2D eigenvalue weighted by Crippen LogP contribution is -2.15. The van der Waals surface area contributed by atoms with Crippen molar-refractivity contribution in [2.75, 3.05) is 23.8 Å². The van der Waals surface area contributed by atoms with Gasteiger partial charge in [-0.3, -0.25) is 14.5 Å². The topological polar surface area (TPSA) is 111 Å². The van der Waals surface area contributed by atoms with Crippen molar-refractivity contribution >= 4 is 24.9 Å². The number of rotatable bonds is 11. The Hall–Kier alpha value is -3.65. The maximum Gasteiger partial charge on any atom is 0.357 e. The van der Waals surface area contributed by atoms with Crippen molar-refractivity contribution in [3.63, 3.8) is 0 Å². The van der Waals surface area contributed by atoms with Crippen molar-refractivity contribution < 1.29 is 13.6 Å². The molecule has 1 unspecified atom stereocenters. The summed E-state index contributed by atoms with van der Waals surface area (Å²) in [6.45, 7) is 6.09. The van der Waals surface area contributed by atoms with Gasteiger partial charge in [0.25, 0.3) is 0 Å². The fraction of sp³-hybridized carbons (Fsp3) is 0.231. The number of hydrogen-bond acceptors (Lipinski definition) is 9. The van der Waals surface area contributed by atoms with Crippen LogP contribution in [0.2, 0.25) is 0 Å². The van der Waals surface area contributed by atoms with Crippen LogP contribution in [0.3, 0.4) is 0 Å². The number of nitrogens with zero attached hydrogens (tertiary/aromatic N) is 4. The third-order valence-corrected chi connectivity index (χ3v) is 7.65. The Morgan fingerprint density at radius 1 is 0.944 bits per heavy atom. The van der Waals surface area contributed by atoms with Gasteiger partial charge in [-0.2, -0.15) is 0 Å². The quantitative estimate of drug-likeness (QED) is 0.225. The predicted octanol–water partition coefficient (Wildman–Crippen LogP) is 6.36. The number of pyridine rings is 2. The first-order valence-corrected chi connectivity index (χ1v) is 13.3. The van der Waals surface area contributed by atoms with E-state index in [9.17, 15) is 4.57 Å². The molecule has 1 aromatic carbocycles. The molecule has 0 saturated heterocycles. The molecular weight excluding hydrogens is 475 g/mol. The van der Waals surface area contributed by atoms with E-state index in [0.29, 0.717) is 5.95 Å². The summed E-state index contributed by atoms with van der Waals surface area (Å²) in [6.07, 6.45) is 8.49. The molecule has 1 atom stereocenters. The molecule has 186 valence electrons. The molecule has 36 heavy (non-hydrogen) atoms. The molecule has 0 radical (unpaired) electrons. The zero-order valence-corrected chi connectivity index (χ0v) is 21.4. The molecule has 3 aromatic heterocycles. The molecular formula is C26H29N6O3P. The fourth-order valence-corrected chi connectivity index (χ4v) is 5.59. The molecule has 0 fully saturated rings. The number of aryl methyl sites for hydroxylation is 1. The van der Waals surface area contributed by atoms with Crippen LogP contribution in [-0.2, 0) is 13.6 Å². The lowest BCUT2D eigenvalue weighted by molar-refractivity contribution is 0.214. The van der Waals surface area contributed by atoms with E-state index < -0.39 is 13.4 Å². The van der Waals surface area contributed by atoms with Crippen LogP contribution in [-0.4, -0.2) is 33.1 Å². The number of nitrogens with one attached hydrogen (secondary N) is 2. The van der Waals surface area contributed by atoms with Crippen molar-refractivity contribution in [1.29, 1.82) is 0 Å². The highest BCUT2D eigenvalue weighted by Crippen LogP contribution is 2.60. The largest absolute Gasteiger partial charge is 0.368 e. The standard InChI is InChI=1S/C26H29N6O3P/c1-4-34-36(33,35-5-2)25(20-10-14-27-15-11-20)30-22-9-8-19(3)24(17-22)32-26-29-16-12-23(31-26)21-7-6-13-28-18-21/h6-18,25,30H,4-5H2,1-3H3,(H,29,31,32). The molecule has 4 aromatic rings. The van der Waals surface area contributed by atoms with Crippen LogP contribution in [0.4, 0.5) is 17.3 Å². The molecule has 0 saturated carbocycles. The Balaban J connectivity index is 1.63. The van der Waals surface area contributed by atoms with Gasteiger partial charge in [0.05, 0.1) is 18.9 Å². The second-order valence-electron chi connectivity index (χ2n) is 7.86. The van der Waals surface area contributed by atoms with Crippen LogP contribution < -0.4 is 10.6 Å². The zero-order valence-electron chi connectivity index (χ0n) is 20.5. The maximum atomic E-state index is 13.8. The first-order valence-electron chi connectivity index (χ1n) is 11.7. The molecule has 0 spiro atoms. The molecule has 10 heteroatoms. The lowest BCUT2D eigenvalue weighted by atomic mass is 10.1. The molecule has 0 aliphatic carbocycles. The summed E-state index contributed by atoms with van der Waals surface area (Å²) in [5, 5.41) is 6.67. The van der Waals surface area contributed by atoms with Gasteiger partial charge in [0.15, 0.2) is 5.78 Å². The van der Waals surface area contributed by atoms with E-state index in [1.54, 1.807) is 57.0 Å². The Kier molecular flexibility index (Phi) is 8.38. The van der Waals surface area contributed by atoms with Crippen molar-refractivity contribution in [1.82, 2.24) is 19.9 Å². The van der Waals surface area contributed by atoms with E-state index in [-0.39, 0.29) is 13.2 Å². The van der Waals surface area contributed by atoms with Crippen molar-refractivity contribution in [2.24, 2.45) is 0 Å². The molecule has 0 bridgehead atoms. The zero-order chi connectivity index (χ0) is 25.4. The Morgan fingerprint density at radius 2 is 1.72 bits per heavy atom. The average Bonchev–Trinajstić information content (AvgIpc) is 2.90. The highest BCUT2D eigenvalue weighted by molar-refractivity contribution is 7.54. The van der Waals surface area contributed by atoms with Gasteiger partial charge in [-0.15, -0.1) is 0 Å². The highest BCUT2D eigenvalue weighted by atomic mass is 31.2. The minimum absolute atomic E-state index is 0.256. The van der Waals surface area contributed by atoms with E-state index in [2.05, 4.69) is 30.6 Å². The first-order chi connectivity index (χ1) is 17.5. The summed E-state index contributed by atoms with van der Waals surface area (Å²) >= 11 is 0. The second-order valence-corrected chi connectivity index (χ2v) is 9.98. The van der Waals surface area contributed by atoms with Gasteiger partial charge in [0.2, 0.25) is 5.95 Å². The minimum Gasteiger partial charge on any atom is -0.368 e. The van der Waals surface area contributed by atoms with Gasteiger partial charge in [-0.05, 0) is 74.4 Å². The van der Waals surface area contributed by atoms with E-state index in [1.165, 1.54) is 0 Å². The monoisotopic (exact) mass is 504 g/mol. The van der Waals surface area contributed by atoms with Gasteiger partial charge < -0.3 is 19.7 Å². The highest BCUT2D eigenvalue weighted by Gasteiger charge is 2.37. The molecule has 3 heterocycles. The van der Waals surface area contributed by atoms with E-state index >= 15 is 0 Å². The van der Waals surface area contributed by atoms with Gasteiger partial charge in [-0.1, -0.05) is 6.07 Å². The molecule has 0 aliphatic heterocycles. The lowest BCUT2D eigenvalue weighted by Gasteiger charge is -2.28. The first kappa shape index (κ1) is 25.4. The summed E-state index contributed by atoms with van der Waals surface area (Å²) in [6, 6.07) is 15.1. The normalized spacial score (nSPS) is 12.2. The number of anilines is 3. The van der Waals surface area contributed by atoms with Gasteiger partial charge in [0.1, 0.15) is 0 Å². The second kappa shape index (κ2) is 11.9. The minimum atomic E-state index is -3.54. The SMILES string of the molecule is CCOP(=O)(OCC)C(Nc1ccc(C)c(Nc2nccc(-c3cccnc3)n2)c1)c1ccncc1. The van der Waals surface area contributed by atoms with Crippen LogP contribution in [0.1, 0.15) is 30.8 Å². The van der Waals surface area contributed by atoms with Gasteiger partial charge >= 0.3 is 7.60 Å². The van der Waals surface area contributed by atoms with E-state index in [4.69, 9.17) is 9.05 Å². The van der Waals surface area contributed by atoms with Gasteiger partial charge in [-0.25, -0.2) is 9.97 Å². The van der Waals surface area contributed by atoms with Crippen molar-refractivity contribution in [3.8, 4) is 11.3 Å². The molecule has 9 nitrogen and oxygen atoms in total. The summed E-state index contributed by atoms with van der Waals surface area (Å²) in [7, 11) is -3.54. The average molecular weight is 505 g/mol. The number of aromatic nitrogens is 4. The summed E-state index contributed by atoms with van der Waals surface area (Å²) in [5.41, 5.74) is 4.94. The third-order valence-electron chi connectivity index (χ3n) is 5.36. The summed E-state index contributed by atoms with van der Waals surface area (Å²) in [5.74, 6) is -0.266. The molecule has 2 N–H and O–H groups in total. The molecule has 0 amide bonds. The summed E-state index contributed by atoms with van der Waals surface area (Å²) in [4.78, 5) is 17.3. The smallest absolute Gasteiger partial charge is 0.357 e. The number of benzene rings is 1. The van der Waals surface area contributed by atoms with Crippen molar-refractivity contribution in [2.45, 2.75) is 26.6 Å². The molecule has 4 rings (SSSR count). The number of hydrogen-bond donors (Lipinski definition) is 2. The van der Waals surface area contributed by atoms with E-state index in [0.717, 1.165) is 33.8 Å². The van der Waals surface area contributed by atoms with E-state index in [1.807, 2.05) is 43.3 Å². The summed E-state index contributed by atoms with van der Waals surface area (Å²) < 4.78 is 25.1. The van der Waals surface area contributed by atoms with Crippen LogP contribution in [0, 0.1) is 6.92 Å². The van der Waals surface area contributed by atoms with Crippen molar-refractivity contribution in [3.05, 3.63) is 90.6 Å². The van der Waals surface area contributed by atoms with Gasteiger partial charge in [0, 0.05) is 47.9 Å². The molecule has 0 aliphatic rings. The van der Waals surface area contributed by atoms with Crippen LogP contribution in [0.15, 0.2) is 79.5 Å². The maximum absolute atomic E-state index is 13.8. The predicted molar refractivity (Wildman–Crippen MR) is 141 cm³/mol.